The molecule has 2 aromatic heterocycles. The number of fused-ring (bicyclic) bond motifs is 1. The third-order valence-electron chi connectivity index (χ3n) is 4.37. The second-order valence-electron chi connectivity index (χ2n) is 6.00. The minimum absolute atomic E-state index is 0.0468. The first-order chi connectivity index (χ1) is 11.2. The number of rotatable bonds is 5. The minimum Gasteiger partial charge on any atom is -0.375 e. The molecule has 1 aliphatic rings. The molecule has 1 amide bonds. The lowest BCUT2D eigenvalue weighted by molar-refractivity contribution is -0.114. The summed E-state index contributed by atoms with van der Waals surface area (Å²) in [7, 11) is 0. The van der Waals surface area contributed by atoms with Crippen molar-refractivity contribution in [3.8, 4) is 0 Å². The molecule has 2 heterocycles. The molecular weight excluding hydrogens is 290 g/mol. The normalized spacial score (nSPS) is 15.9. The Labute approximate surface area is 134 Å². The second-order valence-corrected chi connectivity index (χ2v) is 6.00. The van der Waals surface area contributed by atoms with Gasteiger partial charge in [-0.15, -0.1) is 0 Å². The van der Waals surface area contributed by atoms with E-state index in [1.807, 2.05) is 12.4 Å². The van der Waals surface area contributed by atoms with Crippen LogP contribution in [0.15, 0.2) is 24.2 Å². The van der Waals surface area contributed by atoms with Crippen molar-refractivity contribution < 1.29 is 4.79 Å². The smallest absolute Gasteiger partial charge is 0.247 e. The zero-order valence-electron chi connectivity index (χ0n) is 12.9. The molecule has 2 aromatic rings. The Hall–Kier alpha value is -2.68. The van der Waals surface area contributed by atoms with Crippen LogP contribution in [0.1, 0.15) is 36.9 Å². The Morgan fingerprint density at radius 3 is 2.96 bits per heavy atom. The molecule has 118 valence electrons. The molecule has 0 saturated heterocycles. The molecule has 6 heteroatoms. The average Bonchev–Trinajstić information content (AvgIpc) is 3.17. The zero-order valence-corrected chi connectivity index (χ0v) is 12.9. The van der Waals surface area contributed by atoms with Gasteiger partial charge in [0, 0.05) is 11.8 Å². The predicted molar refractivity (Wildman–Crippen MR) is 87.1 cm³/mol. The molecule has 3 N–H and O–H groups in total. The van der Waals surface area contributed by atoms with E-state index in [1.165, 1.54) is 25.7 Å². The van der Waals surface area contributed by atoms with Gasteiger partial charge in [0.1, 0.15) is 5.52 Å². The largest absolute Gasteiger partial charge is 0.375 e. The van der Waals surface area contributed by atoms with Gasteiger partial charge in [-0.2, -0.15) is 0 Å². The van der Waals surface area contributed by atoms with Gasteiger partial charge in [0.05, 0.1) is 18.5 Å². The molecule has 3 rings (SSSR count). The summed E-state index contributed by atoms with van der Waals surface area (Å²) < 4.78 is 0. The topological polar surface area (TPSA) is 89.0 Å². The van der Waals surface area contributed by atoms with E-state index in [2.05, 4.69) is 14.8 Å². The molecule has 1 aliphatic carbocycles. The van der Waals surface area contributed by atoms with Crippen LogP contribution in [0, 0.1) is 12.5 Å². The van der Waals surface area contributed by atoms with Crippen LogP contribution in [0.4, 0.5) is 0 Å². The molecule has 23 heavy (non-hydrogen) atoms. The van der Waals surface area contributed by atoms with Crippen molar-refractivity contribution in [2.45, 2.75) is 38.5 Å². The van der Waals surface area contributed by atoms with Crippen molar-refractivity contribution >= 4 is 17.1 Å². The Morgan fingerprint density at radius 2 is 2.26 bits per heavy atom. The fraction of sp³-hybridized carbons (Fsp3) is 0.412. The monoisotopic (exact) mass is 309 g/mol. The number of hydrogen-bond acceptors (Lipinski definition) is 3. The fourth-order valence-electron chi connectivity index (χ4n) is 3.15. The average molecular weight is 309 g/mol. The van der Waals surface area contributed by atoms with Crippen LogP contribution in [-0.4, -0.2) is 20.9 Å². The Bertz CT molecular complexity index is 793. The molecule has 0 aromatic carbocycles. The van der Waals surface area contributed by atoms with Crippen LogP contribution in [0.5, 0.6) is 0 Å². The third kappa shape index (κ3) is 3.39. The van der Waals surface area contributed by atoms with E-state index in [0.29, 0.717) is 12.3 Å². The van der Waals surface area contributed by atoms with Gasteiger partial charge in [-0.1, -0.05) is 31.8 Å². The van der Waals surface area contributed by atoms with Gasteiger partial charge < -0.3 is 10.7 Å². The van der Waals surface area contributed by atoms with Crippen molar-refractivity contribution in [3.05, 3.63) is 46.8 Å². The van der Waals surface area contributed by atoms with E-state index in [0.717, 1.165) is 28.8 Å². The number of hydrogen-bond donors (Lipinski definition) is 2. The minimum atomic E-state index is -0.701. The van der Waals surface area contributed by atoms with Crippen LogP contribution in [0.2, 0.25) is 0 Å². The van der Waals surface area contributed by atoms with E-state index in [4.69, 9.17) is 17.3 Å². The molecule has 0 atom stereocenters. The van der Waals surface area contributed by atoms with Crippen LogP contribution in [0.25, 0.3) is 16.0 Å². The first kappa shape index (κ1) is 15.2. The lowest BCUT2D eigenvalue weighted by Crippen LogP contribution is -2.11. The van der Waals surface area contributed by atoms with Crippen molar-refractivity contribution in [2.75, 3.05) is 0 Å². The summed E-state index contributed by atoms with van der Waals surface area (Å²) in [5.41, 5.74) is 8.58. The highest BCUT2D eigenvalue weighted by molar-refractivity contribution is 5.93. The van der Waals surface area contributed by atoms with Gasteiger partial charge in [0.25, 0.3) is 0 Å². The maximum absolute atomic E-state index is 11.1. The summed E-state index contributed by atoms with van der Waals surface area (Å²) in [6, 6.07) is 0. The first-order valence-corrected chi connectivity index (χ1v) is 7.86. The number of amides is 1. The van der Waals surface area contributed by atoms with E-state index < -0.39 is 5.91 Å². The van der Waals surface area contributed by atoms with Gasteiger partial charge in [-0.3, -0.25) is 4.79 Å². The highest BCUT2D eigenvalue weighted by Gasteiger charge is 2.17. The number of H-pyrrole nitrogens is 1. The summed E-state index contributed by atoms with van der Waals surface area (Å²) >= 11 is 0. The Balaban J connectivity index is 1.83. The molecule has 1 fully saturated rings. The van der Waals surface area contributed by atoms with Crippen molar-refractivity contribution in [2.24, 2.45) is 11.7 Å². The summed E-state index contributed by atoms with van der Waals surface area (Å²) in [5.74, 6) is 0.0143. The Morgan fingerprint density at radius 1 is 1.48 bits per heavy atom. The highest BCUT2D eigenvalue weighted by atomic mass is 16.1. The molecule has 0 spiro atoms. The molecular formula is C17H19N5O. The maximum atomic E-state index is 11.1. The van der Waals surface area contributed by atoms with Crippen LogP contribution in [0.3, 0.4) is 0 Å². The third-order valence-corrected chi connectivity index (χ3v) is 4.37. The Kier molecular flexibility index (Phi) is 4.38. The van der Waals surface area contributed by atoms with Gasteiger partial charge in [0.2, 0.25) is 11.6 Å². The summed E-state index contributed by atoms with van der Waals surface area (Å²) in [6.07, 6.45) is 11.8. The van der Waals surface area contributed by atoms with Gasteiger partial charge in [-0.25, -0.2) is 14.8 Å². The number of carbonyl (C=O) groups excluding carboxylic acids is 1. The number of primary amides is 1. The van der Waals surface area contributed by atoms with E-state index in [-0.39, 0.29) is 5.70 Å². The molecule has 1 saturated carbocycles. The van der Waals surface area contributed by atoms with Crippen LogP contribution in [-0.2, 0) is 17.6 Å². The highest BCUT2D eigenvalue weighted by Crippen LogP contribution is 2.28. The van der Waals surface area contributed by atoms with Gasteiger partial charge >= 0.3 is 0 Å². The van der Waals surface area contributed by atoms with Gasteiger partial charge in [-0.05, 0) is 18.8 Å². The summed E-state index contributed by atoms with van der Waals surface area (Å²) in [5, 5.41) is 0. The molecule has 0 radical (unpaired) electrons. The van der Waals surface area contributed by atoms with Crippen molar-refractivity contribution in [1.82, 2.24) is 15.0 Å². The van der Waals surface area contributed by atoms with Crippen LogP contribution < -0.4 is 5.73 Å². The maximum Gasteiger partial charge on any atom is 0.247 e. The number of nitrogens with one attached hydrogen (secondary N) is 1. The van der Waals surface area contributed by atoms with E-state index in [9.17, 15) is 4.79 Å². The number of aromatic nitrogens is 3. The van der Waals surface area contributed by atoms with Crippen LogP contribution >= 0.6 is 0 Å². The lowest BCUT2D eigenvalue weighted by Gasteiger charge is -2.07. The number of aromatic amines is 1. The van der Waals surface area contributed by atoms with E-state index >= 15 is 0 Å². The van der Waals surface area contributed by atoms with Gasteiger partial charge in [0.15, 0.2) is 5.65 Å². The van der Waals surface area contributed by atoms with Crippen molar-refractivity contribution in [1.29, 1.82) is 0 Å². The summed E-state index contributed by atoms with van der Waals surface area (Å²) in [4.78, 5) is 26.5. The molecule has 0 aliphatic heterocycles. The second kappa shape index (κ2) is 6.61. The summed E-state index contributed by atoms with van der Waals surface area (Å²) in [6.45, 7) is 6.96. The fourth-order valence-corrected chi connectivity index (χ4v) is 3.15. The van der Waals surface area contributed by atoms with Crippen molar-refractivity contribution in [3.63, 3.8) is 0 Å². The quantitative estimate of drug-likeness (QED) is 0.657. The number of nitrogens with two attached hydrogens (primary N) is 1. The lowest BCUT2D eigenvalue weighted by atomic mass is 10.0. The predicted octanol–water partition coefficient (Wildman–Crippen LogP) is 2.52. The molecule has 0 unspecified atom stereocenters. The molecule has 6 nitrogen and oxygen atoms in total. The SMILES string of the molecule is [C-]#[N+]/C(=C\Cc1c[nH]c2ncc(CC3CCCC3)nc12)C(N)=O. The number of carbonyl (C=O) groups is 1. The standard InChI is InChI=1S/C17H19N5O/c1-19-14(16(18)23)7-6-12-9-20-17-15(12)22-13(10-21-17)8-11-4-2-3-5-11/h7,9-11H,2-6,8H2,(H2,18,23)(H,20,21)/b14-7-. The zero-order chi connectivity index (χ0) is 16.2. The number of nitrogens with zero attached hydrogens (tertiary/aromatic N) is 3. The van der Waals surface area contributed by atoms with E-state index in [1.54, 1.807) is 6.08 Å². The molecule has 0 bridgehead atoms. The number of allylic oxidation sites excluding steroid dienone is 1. The first-order valence-electron chi connectivity index (χ1n) is 7.86.